The molecule has 0 bridgehead atoms. The molecule has 1 aliphatic rings. The third-order valence-corrected chi connectivity index (χ3v) is 8.07. The molecule has 8 nitrogen and oxygen atoms in total. The number of sulfonamides is 1. The number of ether oxygens (including phenoxy) is 1. The molecule has 9 heteroatoms. The molecular weight excluding hydrogens is 464 g/mol. The molecule has 2 heterocycles. The standard InChI is InChI=1S/C26H34N4O4S/c1-2-16-30-24-12-11-22(35(32,33)29-17-6-7-18-29)20-23(24)28-25(30)13-14-26(31)27-15-8-19-34-21-9-4-3-5-10-21/h3-5,9-12,20H,2,6-8,13-19H2,1H3,(H,27,31). The fourth-order valence-electron chi connectivity index (χ4n) is 4.38. The molecule has 0 radical (unpaired) electrons. The summed E-state index contributed by atoms with van der Waals surface area (Å²) < 4.78 is 35.2. The number of hydrogen-bond acceptors (Lipinski definition) is 5. The van der Waals surface area contributed by atoms with Gasteiger partial charge in [0.15, 0.2) is 0 Å². The maximum atomic E-state index is 13.0. The number of carbonyl (C=O) groups is 1. The Morgan fingerprint density at radius 2 is 1.89 bits per heavy atom. The Hall–Kier alpha value is -2.91. The Morgan fingerprint density at radius 1 is 1.11 bits per heavy atom. The van der Waals surface area contributed by atoms with Crippen LogP contribution in [0.4, 0.5) is 0 Å². The SMILES string of the molecule is CCCn1c(CCC(=O)NCCCOc2ccccc2)nc2cc(S(=O)(=O)N3CCCC3)ccc21. The number of para-hydroxylation sites is 1. The highest BCUT2D eigenvalue weighted by molar-refractivity contribution is 7.89. The van der Waals surface area contributed by atoms with Gasteiger partial charge >= 0.3 is 0 Å². The largest absolute Gasteiger partial charge is 0.494 e. The Labute approximate surface area is 207 Å². The normalized spacial score (nSPS) is 14.4. The lowest BCUT2D eigenvalue weighted by Gasteiger charge is -2.15. The number of nitrogens with zero attached hydrogens (tertiary/aromatic N) is 3. The van der Waals surface area contributed by atoms with Crippen LogP contribution in [0.2, 0.25) is 0 Å². The maximum Gasteiger partial charge on any atom is 0.243 e. The molecule has 1 saturated heterocycles. The van der Waals surface area contributed by atoms with Crippen LogP contribution in [-0.4, -0.2) is 54.4 Å². The highest BCUT2D eigenvalue weighted by atomic mass is 32.2. The monoisotopic (exact) mass is 498 g/mol. The van der Waals surface area contributed by atoms with E-state index in [1.165, 1.54) is 0 Å². The number of carbonyl (C=O) groups excluding carboxylic acids is 1. The van der Waals surface area contributed by atoms with E-state index in [-0.39, 0.29) is 10.8 Å². The van der Waals surface area contributed by atoms with Crippen molar-refractivity contribution in [2.75, 3.05) is 26.2 Å². The molecule has 3 aromatic rings. The molecule has 188 valence electrons. The smallest absolute Gasteiger partial charge is 0.243 e. The molecule has 2 aromatic carbocycles. The van der Waals surface area contributed by atoms with Crippen molar-refractivity contribution >= 4 is 27.0 Å². The van der Waals surface area contributed by atoms with E-state index in [1.807, 2.05) is 36.4 Å². The van der Waals surface area contributed by atoms with Crippen LogP contribution in [0.3, 0.4) is 0 Å². The summed E-state index contributed by atoms with van der Waals surface area (Å²) in [5.74, 6) is 1.60. The van der Waals surface area contributed by atoms with E-state index in [0.717, 1.165) is 49.3 Å². The van der Waals surface area contributed by atoms with E-state index in [9.17, 15) is 13.2 Å². The van der Waals surface area contributed by atoms with Crippen molar-refractivity contribution in [1.82, 2.24) is 19.2 Å². The highest BCUT2D eigenvalue weighted by Gasteiger charge is 2.27. The lowest BCUT2D eigenvalue weighted by Crippen LogP contribution is -2.27. The Morgan fingerprint density at radius 3 is 2.63 bits per heavy atom. The number of benzene rings is 2. The third kappa shape index (κ3) is 6.21. The number of hydrogen-bond donors (Lipinski definition) is 1. The van der Waals surface area contributed by atoms with Gasteiger partial charge in [0.1, 0.15) is 11.6 Å². The molecule has 1 aromatic heterocycles. The van der Waals surface area contributed by atoms with Crippen molar-refractivity contribution in [2.45, 2.75) is 56.9 Å². The second-order valence-corrected chi connectivity index (χ2v) is 10.7. The van der Waals surface area contributed by atoms with Crippen molar-refractivity contribution in [2.24, 2.45) is 0 Å². The van der Waals surface area contributed by atoms with E-state index in [4.69, 9.17) is 9.72 Å². The average Bonchev–Trinajstić information content (AvgIpc) is 3.52. The van der Waals surface area contributed by atoms with Gasteiger partial charge in [0, 0.05) is 39.0 Å². The van der Waals surface area contributed by atoms with E-state index in [1.54, 1.807) is 16.4 Å². The number of nitrogens with one attached hydrogen (secondary N) is 1. The Bertz CT molecular complexity index is 1230. The molecule has 0 atom stereocenters. The zero-order valence-corrected chi connectivity index (χ0v) is 21.1. The summed E-state index contributed by atoms with van der Waals surface area (Å²) >= 11 is 0. The van der Waals surface area contributed by atoms with Gasteiger partial charge in [0.25, 0.3) is 0 Å². The number of imidazole rings is 1. The van der Waals surface area contributed by atoms with E-state index in [0.29, 0.717) is 44.6 Å². The minimum absolute atomic E-state index is 0.0304. The molecule has 0 saturated carbocycles. The van der Waals surface area contributed by atoms with Gasteiger partial charge in [-0.05, 0) is 56.0 Å². The molecular formula is C26H34N4O4S. The molecule has 35 heavy (non-hydrogen) atoms. The topological polar surface area (TPSA) is 93.5 Å². The fraction of sp³-hybridized carbons (Fsp3) is 0.462. The average molecular weight is 499 g/mol. The van der Waals surface area contributed by atoms with Crippen LogP contribution < -0.4 is 10.1 Å². The van der Waals surface area contributed by atoms with Crippen LogP contribution in [0.15, 0.2) is 53.4 Å². The number of fused-ring (bicyclic) bond motifs is 1. The van der Waals surface area contributed by atoms with Crippen molar-refractivity contribution < 1.29 is 17.9 Å². The first-order valence-electron chi connectivity index (χ1n) is 12.4. The van der Waals surface area contributed by atoms with Crippen molar-refractivity contribution in [3.05, 3.63) is 54.4 Å². The van der Waals surface area contributed by atoms with Gasteiger partial charge in [0.2, 0.25) is 15.9 Å². The van der Waals surface area contributed by atoms with E-state index in [2.05, 4.69) is 16.8 Å². The molecule has 1 aliphatic heterocycles. The molecule has 1 N–H and O–H groups in total. The third-order valence-electron chi connectivity index (χ3n) is 6.18. The highest BCUT2D eigenvalue weighted by Crippen LogP contribution is 2.25. The van der Waals surface area contributed by atoms with Crippen LogP contribution in [0.5, 0.6) is 5.75 Å². The molecule has 1 amide bonds. The van der Waals surface area contributed by atoms with Gasteiger partial charge in [-0.2, -0.15) is 4.31 Å². The molecule has 1 fully saturated rings. The van der Waals surface area contributed by atoms with Crippen LogP contribution in [0.1, 0.15) is 44.9 Å². The van der Waals surface area contributed by atoms with Crippen LogP contribution in [0, 0.1) is 0 Å². The number of amides is 1. The second-order valence-electron chi connectivity index (χ2n) is 8.81. The summed E-state index contributed by atoms with van der Waals surface area (Å²) in [4.78, 5) is 17.4. The zero-order valence-electron chi connectivity index (χ0n) is 20.3. The number of aromatic nitrogens is 2. The summed E-state index contributed by atoms with van der Waals surface area (Å²) in [6, 6.07) is 14.8. The molecule has 0 spiro atoms. The second kappa shape index (κ2) is 11.7. The van der Waals surface area contributed by atoms with Gasteiger partial charge in [-0.1, -0.05) is 25.1 Å². The maximum absolute atomic E-state index is 13.0. The number of aryl methyl sites for hydroxylation is 2. The molecule has 4 rings (SSSR count). The summed E-state index contributed by atoms with van der Waals surface area (Å²) in [5, 5.41) is 2.94. The van der Waals surface area contributed by atoms with Crippen molar-refractivity contribution in [1.29, 1.82) is 0 Å². The minimum Gasteiger partial charge on any atom is -0.494 e. The van der Waals surface area contributed by atoms with E-state index >= 15 is 0 Å². The molecule has 0 unspecified atom stereocenters. The van der Waals surface area contributed by atoms with Gasteiger partial charge in [-0.3, -0.25) is 4.79 Å². The quantitative estimate of drug-likeness (QED) is 0.384. The van der Waals surface area contributed by atoms with Crippen LogP contribution >= 0.6 is 0 Å². The van der Waals surface area contributed by atoms with Crippen molar-refractivity contribution in [3.63, 3.8) is 0 Å². The summed E-state index contributed by atoms with van der Waals surface area (Å²) in [6.45, 7) is 5.09. The van der Waals surface area contributed by atoms with Crippen LogP contribution in [-0.2, 0) is 27.8 Å². The number of rotatable bonds is 12. The predicted octanol–water partition coefficient (Wildman–Crippen LogP) is 3.75. The zero-order chi connectivity index (χ0) is 24.7. The lowest BCUT2D eigenvalue weighted by molar-refractivity contribution is -0.121. The van der Waals surface area contributed by atoms with Gasteiger partial charge in [-0.25, -0.2) is 13.4 Å². The Kier molecular flexibility index (Phi) is 8.41. The van der Waals surface area contributed by atoms with Gasteiger partial charge in [-0.15, -0.1) is 0 Å². The first kappa shape index (κ1) is 25.2. The van der Waals surface area contributed by atoms with E-state index < -0.39 is 10.0 Å². The first-order chi connectivity index (χ1) is 17.0. The molecule has 0 aliphatic carbocycles. The van der Waals surface area contributed by atoms with Gasteiger partial charge < -0.3 is 14.6 Å². The Balaban J connectivity index is 1.35. The minimum atomic E-state index is -3.49. The van der Waals surface area contributed by atoms with Gasteiger partial charge in [0.05, 0.1) is 22.5 Å². The summed E-state index contributed by atoms with van der Waals surface area (Å²) in [5.41, 5.74) is 1.56. The fourth-order valence-corrected chi connectivity index (χ4v) is 5.92. The predicted molar refractivity (Wildman–Crippen MR) is 136 cm³/mol. The summed E-state index contributed by atoms with van der Waals surface area (Å²) in [7, 11) is -3.49. The summed E-state index contributed by atoms with van der Waals surface area (Å²) in [6.07, 6.45) is 4.27. The lowest BCUT2D eigenvalue weighted by atomic mass is 10.2. The van der Waals surface area contributed by atoms with Crippen molar-refractivity contribution in [3.8, 4) is 5.75 Å². The van der Waals surface area contributed by atoms with Crippen LogP contribution in [0.25, 0.3) is 11.0 Å². The first-order valence-corrected chi connectivity index (χ1v) is 13.9.